The van der Waals surface area contributed by atoms with E-state index in [4.69, 9.17) is 32.9 Å². The standard InChI is InChI=1S/C20H19Cl2N3O/c1-13-6-4-9-17(19(13)22)24-20-23-14(2)18(26-3)12-25(20)11-15-7-5-8-16(21)10-15/h4-10,12H,2,11H2,1,3H3,(H,23,24). The first-order valence-electron chi connectivity index (χ1n) is 8.05. The van der Waals surface area contributed by atoms with Crippen LogP contribution in [-0.2, 0) is 11.3 Å². The number of methoxy groups -OCH3 is 1. The molecule has 0 aliphatic carbocycles. The van der Waals surface area contributed by atoms with Gasteiger partial charge >= 0.3 is 0 Å². The first-order chi connectivity index (χ1) is 12.5. The highest BCUT2D eigenvalue weighted by Gasteiger charge is 2.21. The minimum atomic E-state index is 0.565. The van der Waals surface area contributed by atoms with E-state index in [1.807, 2.05) is 60.5 Å². The molecule has 2 aromatic carbocycles. The van der Waals surface area contributed by atoms with Gasteiger partial charge in [0, 0.05) is 5.02 Å². The van der Waals surface area contributed by atoms with Crippen molar-refractivity contribution in [3.05, 3.63) is 87.9 Å². The summed E-state index contributed by atoms with van der Waals surface area (Å²) in [5.41, 5.74) is 3.34. The molecule has 0 spiro atoms. The van der Waals surface area contributed by atoms with E-state index in [-0.39, 0.29) is 0 Å². The molecule has 0 saturated heterocycles. The molecule has 0 bridgehead atoms. The Balaban J connectivity index is 2.00. The van der Waals surface area contributed by atoms with Gasteiger partial charge in [-0.2, -0.15) is 0 Å². The van der Waals surface area contributed by atoms with Crippen molar-refractivity contribution < 1.29 is 4.74 Å². The summed E-state index contributed by atoms with van der Waals surface area (Å²) in [7, 11) is 1.61. The summed E-state index contributed by atoms with van der Waals surface area (Å²) in [5.74, 6) is 1.25. The summed E-state index contributed by atoms with van der Waals surface area (Å²) in [5, 5.41) is 4.50. The number of halogens is 2. The molecule has 0 unspecified atom stereocenters. The Labute approximate surface area is 163 Å². The number of nitrogens with zero attached hydrogens (tertiary/aromatic N) is 2. The molecule has 0 atom stereocenters. The van der Waals surface area contributed by atoms with Gasteiger partial charge in [-0.3, -0.25) is 0 Å². The van der Waals surface area contributed by atoms with Crippen molar-refractivity contribution in [2.45, 2.75) is 13.5 Å². The molecule has 1 aliphatic heterocycles. The van der Waals surface area contributed by atoms with Gasteiger partial charge in [-0.05, 0) is 36.2 Å². The van der Waals surface area contributed by atoms with E-state index in [9.17, 15) is 0 Å². The normalized spacial score (nSPS) is 15.7. The second-order valence-corrected chi connectivity index (χ2v) is 6.72. The maximum absolute atomic E-state index is 6.40. The molecule has 134 valence electrons. The highest BCUT2D eigenvalue weighted by Crippen LogP contribution is 2.29. The zero-order valence-electron chi connectivity index (χ0n) is 14.6. The van der Waals surface area contributed by atoms with Crippen LogP contribution in [0.3, 0.4) is 0 Å². The summed E-state index contributed by atoms with van der Waals surface area (Å²) in [6.45, 7) is 6.50. The van der Waals surface area contributed by atoms with E-state index in [2.05, 4.69) is 11.9 Å². The lowest BCUT2D eigenvalue weighted by molar-refractivity contribution is 0.282. The SMILES string of the molecule is C=C1NC(=Nc2cccc(C)c2Cl)N(Cc2cccc(Cl)c2)C=C1OC. The molecule has 4 nitrogen and oxygen atoms in total. The molecule has 1 N–H and O–H groups in total. The fourth-order valence-electron chi connectivity index (χ4n) is 2.60. The predicted octanol–water partition coefficient (Wildman–Crippen LogP) is 5.40. The van der Waals surface area contributed by atoms with Gasteiger partial charge in [-0.25, -0.2) is 4.99 Å². The van der Waals surface area contributed by atoms with E-state index >= 15 is 0 Å². The van der Waals surface area contributed by atoms with Crippen molar-refractivity contribution in [2.24, 2.45) is 4.99 Å². The molecule has 0 amide bonds. The average molecular weight is 388 g/mol. The zero-order chi connectivity index (χ0) is 18.7. The molecular weight excluding hydrogens is 369 g/mol. The molecule has 1 aliphatic rings. The van der Waals surface area contributed by atoms with Crippen LogP contribution in [0.2, 0.25) is 10.0 Å². The summed E-state index contributed by atoms with van der Waals surface area (Å²) >= 11 is 12.5. The number of hydrogen-bond acceptors (Lipinski definition) is 2. The maximum atomic E-state index is 6.40. The average Bonchev–Trinajstić information content (AvgIpc) is 2.61. The smallest absolute Gasteiger partial charge is 0.208 e. The first kappa shape index (κ1) is 18.4. The highest BCUT2D eigenvalue weighted by atomic mass is 35.5. The second-order valence-electron chi connectivity index (χ2n) is 5.90. The summed E-state index contributed by atoms with van der Waals surface area (Å²) < 4.78 is 5.39. The molecule has 1 heterocycles. The van der Waals surface area contributed by atoms with Crippen LogP contribution >= 0.6 is 23.2 Å². The van der Waals surface area contributed by atoms with Gasteiger partial charge in [0.1, 0.15) is 0 Å². The van der Waals surface area contributed by atoms with E-state index in [0.717, 1.165) is 11.1 Å². The molecule has 2 aromatic rings. The van der Waals surface area contributed by atoms with E-state index in [0.29, 0.717) is 39.7 Å². The van der Waals surface area contributed by atoms with E-state index in [1.54, 1.807) is 7.11 Å². The number of aryl methyl sites for hydroxylation is 1. The van der Waals surface area contributed by atoms with Gasteiger partial charge in [-0.1, -0.05) is 54.0 Å². The third kappa shape index (κ3) is 4.03. The van der Waals surface area contributed by atoms with Gasteiger partial charge < -0.3 is 15.0 Å². The predicted molar refractivity (Wildman–Crippen MR) is 108 cm³/mol. The van der Waals surface area contributed by atoms with Crippen molar-refractivity contribution in [3.8, 4) is 0 Å². The van der Waals surface area contributed by atoms with Crippen molar-refractivity contribution >= 4 is 34.8 Å². The second kappa shape index (κ2) is 7.85. The van der Waals surface area contributed by atoms with Gasteiger partial charge in [0.2, 0.25) is 5.96 Å². The summed E-state index contributed by atoms with van der Waals surface area (Å²) in [6, 6.07) is 13.4. The van der Waals surface area contributed by atoms with Crippen LogP contribution in [0.25, 0.3) is 0 Å². The molecule has 0 aromatic heterocycles. The Hall–Kier alpha value is -2.43. The first-order valence-corrected chi connectivity index (χ1v) is 8.80. The number of guanidine groups is 1. The van der Waals surface area contributed by atoms with Crippen LogP contribution in [0.15, 0.2) is 71.7 Å². The number of rotatable bonds is 4. The lowest BCUT2D eigenvalue weighted by Gasteiger charge is -2.30. The fourth-order valence-corrected chi connectivity index (χ4v) is 2.98. The van der Waals surface area contributed by atoms with E-state index in [1.165, 1.54) is 0 Å². The largest absolute Gasteiger partial charge is 0.493 e. The van der Waals surface area contributed by atoms with Crippen LogP contribution in [-0.4, -0.2) is 18.0 Å². The molecule has 26 heavy (non-hydrogen) atoms. The summed E-state index contributed by atoms with van der Waals surface area (Å²) in [4.78, 5) is 6.65. The number of nitrogens with one attached hydrogen (secondary N) is 1. The third-order valence-corrected chi connectivity index (χ3v) is 4.69. The van der Waals surface area contributed by atoms with Crippen LogP contribution in [0.5, 0.6) is 0 Å². The quantitative estimate of drug-likeness (QED) is 0.763. The third-order valence-electron chi connectivity index (χ3n) is 3.96. The lowest BCUT2D eigenvalue weighted by atomic mass is 10.2. The number of hydrogen-bond donors (Lipinski definition) is 1. The van der Waals surface area contributed by atoms with E-state index < -0.39 is 0 Å². The lowest BCUT2D eigenvalue weighted by Crippen LogP contribution is -2.41. The van der Waals surface area contributed by atoms with Gasteiger partial charge in [0.15, 0.2) is 5.76 Å². The van der Waals surface area contributed by atoms with Crippen molar-refractivity contribution in [1.29, 1.82) is 0 Å². The van der Waals surface area contributed by atoms with Gasteiger partial charge in [0.25, 0.3) is 0 Å². The van der Waals surface area contributed by atoms with Crippen LogP contribution in [0, 0.1) is 6.92 Å². The minimum Gasteiger partial charge on any atom is -0.493 e. The van der Waals surface area contributed by atoms with Crippen LogP contribution in [0.1, 0.15) is 11.1 Å². The number of benzene rings is 2. The van der Waals surface area contributed by atoms with Gasteiger partial charge in [0.05, 0.1) is 36.3 Å². The monoisotopic (exact) mass is 387 g/mol. The zero-order valence-corrected chi connectivity index (χ0v) is 16.1. The number of aliphatic imine (C=N–C) groups is 1. The maximum Gasteiger partial charge on any atom is 0.208 e. The van der Waals surface area contributed by atoms with Crippen LogP contribution in [0.4, 0.5) is 5.69 Å². The Bertz CT molecular complexity index is 906. The Morgan fingerprint density at radius 3 is 2.69 bits per heavy atom. The fraction of sp³-hybridized carbons (Fsp3) is 0.150. The molecule has 6 heteroatoms. The van der Waals surface area contributed by atoms with Gasteiger partial charge in [-0.15, -0.1) is 0 Å². The topological polar surface area (TPSA) is 36.9 Å². The molecule has 3 rings (SSSR count). The highest BCUT2D eigenvalue weighted by molar-refractivity contribution is 6.33. The number of ether oxygens (including phenoxy) is 1. The molecule has 0 saturated carbocycles. The Morgan fingerprint density at radius 2 is 1.96 bits per heavy atom. The van der Waals surface area contributed by atoms with Crippen molar-refractivity contribution in [3.63, 3.8) is 0 Å². The molecule has 0 radical (unpaired) electrons. The molecule has 0 fully saturated rings. The minimum absolute atomic E-state index is 0.565. The van der Waals surface area contributed by atoms with Crippen LogP contribution < -0.4 is 5.32 Å². The Kier molecular flexibility index (Phi) is 5.55. The van der Waals surface area contributed by atoms with Crippen molar-refractivity contribution in [2.75, 3.05) is 7.11 Å². The van der Waals surface area contributed by atoms with Crippen molar-refractivity contribution in [1.82, 2.24) is 10.2 Å². The molecular formula is C20H19Cl2N3O. The Morgan fingerprint density at radius 1 is 1.19 bits per heavy atom. The summed E-state index contributed by atoms with van der Waals surface area (Å²) in [6.07, 6.45) is 1.86.